The van der Waals surface area contributed by atoms with Crippen molar-refractivity contribution in [2.75, 3.05) is 38.7 Å². The lowest BCUT2D eigenvalue weighted by atomic mass is 10.1. The number of amides is 3. The van der Waals surface area contributed by atoms with Gasteiger partial charge in [0.2, 0.25) is 10.0 Å². The molecule has 2 fully saturated rings. The Labute approximate surface area is 210 Å². The quantitative estimate of drug-likeness (QED) is 0.198. The van der Waals surface area contributed by atoms with Crippen LogP contribution < -0.4 is 15.2 Å². The number of imide groups is 1. The van der Waals surface area contributed by atoms with Crippen LogP contribution in [0.3, 0.4) is 0 Å². The summed E-state index contributed by atoms with van der Waals surface area (Å²) < 4.78 is 51.9. The Morgan fingerprint density at radius 2 is 2.00 bits per heavy atom. The van der Waals surface area contributed by atoms with Crippen LogP contribution in [0.15, 0.2) is 18.2 Å². The molecular weight excluding hydrogens is 495 g/mol. The van der Waals surface area contributed by atoms with E-state index in [4.69, 9.17) is 15.2 Å². The minimum absolute atomic E-state index is 0.113. The summed E-state index contributed by atoms with van der Waals surface area (Å²) >= 11 is 0. The number of esters is 1. The first-order valence-corrected chi connectivity index (χ1v) is 13.6. The molecule has 0 bridgehead atoms. The fourth-order valence-electron chi connectivity index (χ4n) is 3.65. The third-order valence-electron chi connectivity index (χ3n) is 5.97. The summed E-state index contributed by atoms with van der Waals surface area (Å²) in [4.78, 5) is 37.5. The maximum atomic E-state index is 14.0. The van der Waals surface area contributed by atoms with Crippen LogP contribution in [0.4, 0.5) is 9.18 Å². The predicted molar refractivity (Wildman–Crippen MR) is 128 cm³/mol. The SMILES string of the molecule is C[C@@H](NS(=O)(=O)CCCCCN1CC(=O)N(COC(=O)CN)C1=O)c1ccc(F)c(OCC2CC2)c1. The Bertz CT molecular complexity index is 1060. The summed E-state index contributed by atoms with van der Waals surface area (Å²) in [6.07, 6.45) is 3.53. The van der Waals surface area contributed by atoms with E-state index in [1.807, 2.05) is 0 Å². The molecule has 1 saturated heterocycles. The number of carbonyl (C=O) groups excluding carboxylic acids is 3. The molecule has 1 saturated carbocycles. The molecule has 3 N–H and O–H groups in total. The second-order valence-corrected chi connectivity index (χ2v) is 10.9. The number of ether oxygens (including phenoxy) is 2. The lowest BCUT2D eigenvalue weighted by Gasteiger charge is -2.17. The lowest BCUT2D eigenvalue weighted by molar-refractivity contribution is -0.147. The zero-order valence-corrected chi connectivity index (χ0v) is 21.1. The number of benzene rings is 1. The number of nitrogens with zero attached hydrogens (tertiary/aromatic N) is 2. The van der Waals surface area contributed by atoms with Gasteiger partial charge in [-0.25, -0.2) is 27.2 Å². The van der Waals surface area contributed by atoms with E-state index in [1.54, 1.807) is 6.92 Å². The van der Waals surface area contributed by atoms with E-state index in [0.717, 1.165) is 17.7 Å². The molecule has 1 aromatic rings. The summed E-state index contributed by atoms with van der Waals surface area (Å²) in [5.41, 5.74) is 5.73. The highest BCUT2D eigenvalue weighted by Gasteiger charge is 2.36. The predicted octanol–water partition coefficient (Wildman–Crippen LogP) is 1.49. The summed E-state index contributed by atoms with van der Waals surface area (Å²) in [7, 11) is -3.60. The molecule has 1 aromatic carbocycles. The monoisotopic (exact) mass is 528 g/mol. The molecule has 3 rings (SSSR count). The van der Waals surface area contributed by atoms with Gasteiger partial charge in [0.25, 0.3) is 5.91 Å². The van der Waals surface area contributed by atoms with E-state index in [1.165, 1.54) is 23.1 Å². The van der Waals surface area contributed by atoms with E-state index < -0.39 is 46.5 Å². The van der Waals surface area contributed by atoms with Gasteiger partial charge in [-0.15, -0.1) is 0 Å². The summed E-state index contributed by atoms with van der Waals surface area (Å²) in [5, 5.41) is 0. The highest BCUT2D eigenvalue weighted by atomic mass is 32.2. The van der Waals surface area contributed by atoms with Crippen LogP contribution in [0.25, 0.3) is 0 Å². The van der Waals surface area contributed by atoms with Crippen molar-refractivity contribution in [3.63, 3.8) is 0 Å². The van der Waals surface area contributed by atoms with Crippen molar-refractivity contribution in [2.45, 2.75) is 45.1 Å². The van der Waals surface area contributed by atoms with Crippen molar-refractivity contribution in [2.24, 2.45) is 11.7 Å². The number of halogens is 1. The van der Waals surface area contributed by atoms with Gasteiger partial charge in [-0.3, -0.25) is 9.59 Å². The minimum Gasteiger partial charge on any atom is -0.490 e. The molecule has 11 nitrogen and oxygen atoms in total. The van der Waals surface area contributed by atoms with Crippen molar-refractivity contribution in [1.29, 1.82) is 0 Å². The zero-order chi connectivity index (χ0) is 26.3. The van der Waals surface area contributed by atoms with E-state index in [2.05, 4.69) is 4.72 Å². The minimum atomic E-state index is -3.60. The number of carbonyl (C=O) groups is 3. The third-order valence-corrected chi connectivity index (χ3v) is 7.51. The smallest absolute Gasteiger partial charge is 0.330 e. The molecule has 1 heterocycles. The van der Waals surface area contributed by atoms with Gasteiger partial charge >= 0.3 is 12.0 Å². The Morgan fingerprint density at radius 1 is 1.25 bits per heavy atom. The molecule has 1 aliphatic carbocycles. The highest BCUT2D eigenvalue weighted by Crippen LogP contribution is 2.31. The topological polar surface area (TPSA) is 148 Å². The van der Waals surface area contributed by atoms with Gasteiger partial charge in [-0.1, -0.05) is 12.5 Å². The van der Waals surface area contributed by atoms with Gasteiger partial charge in [-0.05, 0) is 56.2 Å². The normalized spacial score (nSPS) is 17.0. The van der Waals surface area contributed by atoms with Crippen molar-refractivity contribution >= 4 is 27.9 Å². The lowest BCUT2D eigenvalue weighted by Crippen LogP contribution is -2.36. The molecule has 1 aliphatic heterocycles. The van der Waals surface area contributed by atoms with Crippen molar-refractivity contribution in [3.8, 4) is 5.75 Å². The van der Waals surface area contributed by atoms with Crippen LogP contribution >= 0.6 is 0 Å². The molecule has 0 aromatic heterocycles. The highest BCUT2D eigenvalue weighted by molar-refractivity contribution is 7.89. The molecule has 2 aliphatic rings. The van der Waals surface area contributed by atoms with Crippen LogP contribution in [-0.4, -0.2) is 74.9 Å². The van der Waals surface area contributed by atoms with Crippen LogP contribution in [0, 0.1) is 11.7 Å². The fourth-order valence-corrected chi connectivity index (χ4v) is 5.03. The Morgan fingerprint density at radius 3 is 2.69 bits per heavy atom. The van der Waals surface area contributed by atoms with E-state index in [-0.39, 0.29) is 31.1 Å². The maximum absolute atomic E-state index is 14.0. The molecule has 0 spiro atoms. The first kappa shape index (κ1) is 27.8. The van der Waals surface area contributed by atoms with Gasteiger partial charge in [0.1, 0.15) is 6.54 Å². The maximum Gasteiger partial charge on any atom is 0.330 e. The summed E-state index contributed by atoms with van der Waals surface area (Å²) in [6.45, 7) is 1.46. The molecule has 0 unspecified atom stereocenters. The second kappa shape index (κ2) is 12.5. The molecular formula is C23H33FN4O7S. The number of sulfonamides is 1. The van der Waals surface area contributed by atoms with Gasteiger partial charge < -0.3 is 20.1 Å². The van der Waals surface area contributed by atoms with E-state index in [9.17, 15) is 27.2 Å². The van der Waals surface area contributed by atoms with Gasteiger partial charge in [0.05, 0.1) is 18.9 Å². The number of rotatable bonds is 15. The van der Waals surface area contributed by atoms with Gasteiger partial charge in [-0.2, -0.15) is 0 Å². The molecule has 200 valence electrons. The van der Waals surface area contributed by atoms with Crippen molar-refractivity contribution in [1.82, 2.24) is 14.5 Å². The fraction of sp³-hybridized carbons (Fsp3) is 0.609. The first-order valence-electron chi connectivity index (χ1n) is 12.0. The number of unbranched alkanes of at least 4 members (excludes halogenated alkanes) is 2. The molecule has 1 atom stereocenters. The molecule has 13 heteroatoms. The summed E-state index contributed by atoms with van der Waals surface area (Å²) in [6, 6.07) is 3.20. The Kier molecular flexibility index (Phi) is 9.63. The summed E-state index contributed by atoms with van der Waals surface area (Å²) in [5.74, 6) is -1.21. The largest absolute Gasteiger partial charge is 0.490 e. The zero-order valence-electron chi connectivity index (χ0n) is 20.3. The van der Waals surface area contributed by atoms with Crippen LogP contribution in [0.5, 0.6) is 5.75 Å². The van der Waals surface area contributed by atoms with E-state index in [0.29, 0.717) is 37.4 Å². The van der Waals surface area contributed by atoms with Crippen LogP contribution in [0.2, 0.25) is 0 Å². The molecule has 0 radical (unpaired) electrons. The number of nitrogens with one attached hydrogen (secondary N) is 1. The second-order valence-electron chi connectivity index (χ2n) is 9.04. The van der Waals surface area contributed by atoms with Gasteiger partial charge in [0, 0.05) is 12.6 Å². The first-order chi connectivity index (χ1) is 17.1. The number of nitrogens with two attached hydrogens (primary N) is 1. The number of hydrogen-bond acceptors (Lipinski definition) is 8. The molecule has 3 amide bonds. The Balaban J connectivity index is 1.38. The molecule has 36 heavy (non-hydrogen) atoms. The number of hydrogen-bond donors (Lipinski definition) is 2. The van der Waals surface area contributed by atoms with Crippen LogP contribution in [0.1, 0.15) is 50.6 Å². The van der Waals surface area contributed by atoms with Crippen molar-refractivity contribution in [3.05, 3.63) is 29.6 Å². The average molecular weight is 529 g/mol. The van der Waals surface area contributed by atoms with E-state index >= 15 is 0 Å². The van der Waals surface area contributed by atoms with Crippen LogP contribution in [-0.2, 0) is 24.3 Å². The van der Waals surface area contributed by atoms with Crippen molar-refractivity contribution < 1.29 is 36.7 Å². The Hall–Kier alpha value is -2.77. The third kappa shape index (κ3) is 8.14. The average Bonchev–Trinajstić information content (AvgIpc) is 3.62. The number of urea groups is 1. The standard InChI is InChI=1S/C23H33FN4O7S/c1-16(18-7-8-19(24)20(11-18)34-14-17-5-6-17)26-36(32,33)10-4-2-3-9-27-13-21(29)28(23(27)31)15-35-22(30)12-25/h7-8,11,16-17,26H,2-6,9-10,12-15,25H2,1H3/t16-/m1/s1. The van der Waals surface area contributed by atoms with Gasteiger partial charge in [0.15, 0.2) is 18.3 Å².